The molecule has 0 radical (unpaired) electrons. The van der Waals surface area contributed by atoms with E-state index < -0.39 is 0 Å². The Hall–Kier alpha value is -2.93. The van der Waals surface area contributed by atoms with Crippen LogP contribution in [0.5, 0.6) is 0 Å². The molecular formula is C16H12N4. The fourth-order valence-corrected chi connectivity index (χ4v) is 2.07. The molecule has 2 aromatic heterocycles. The van der Waals surface area contributed by atoms with Crippen LogP contribution >= 0.6 is 0 Å². The van der Waals surface area contributed by atoms with E-state index in [0.717, 1.165) is 28.0 Å². The van der Waals surface area contributed by atoms with Crippen molar-refractivity contribution in [3.8, 4) is 6.07 Å². The summed E-state index contributed by atoms with van der Waals surface area (Å²) in [4.78, 5) is 8.53. The predicted octanol–water partition coefficient (Wildman–Crippen LogP) is 3.55. The van der Waals surface area contributed by atoms with Crippen LogP contribution in [0, 0.1) is 18.3 Å². The fraction of sp³-hybridized carbons (Fsp3) is 0.0625. The number of nitrogens with one attached hydrogen (secondary N) is 1. The van der Waals surface area contributed by atoms with Gasteiger partial charge in [0.1, 0.15) is 11.8 Å². The Morgan fingerprint density at radius 1 is 1.15 bits per heavy atom. The second-order valence-corrected chi connectivity index (χ2v) is 4.50. The number of aryl methyl sites for hydroxylation is 1. The number of nitrogens with zero attached hydrogens (tertiary/aromatic N) is 3. The molecular weight excluding hydrogens is 248 g/mol. The Kier molecular flexibility index (Phi) is 3.02. The van der Waals surface area contributed by atoms with Gasteiger partial charge in [0.05, 0.1) is 11.2 Å². The second-order valence-electron chi connectivity index (χ2n) is 4.50. The lowest BCUT2D eigenvalue weighted by Crippen LogP contribution is -1.95. The Morgan fingerprint density at radius 3 is 2.90 bits per heavy atom. The zero-order valence-corrected chi connectivity index (χ0v) is 11.0. The molecule has 3 rings (SSSR count). The third-order valence-corrected chi connectivity index (χ3v) is 3.01. The Bertz CT molecular complexity index is 818. The molecule has 20 heavy (non-hydrogen) atoms. The van der Waals surface area contributed by atoms with E-state index in [4.69, 9.17) is 5.26 Å². The molecule has 0 fully saturated rings. The lowest BCUT2D eigenvalue weighted by Gasteiger charge is -2.09. The zero-order valence-electron chi connectivity index (χ0n) is 11.0. The first-order chi connectivity index (χ1) is 9.76. The smallest absolute Gasteiger partial charge is 0.142 e. The van der Waals surface area contributed by atoms with Crippen LogP contribution in [0.4, 0.5) is 11.4 Å². The van der Waals surface area contributed by atoms with Crippen molar-refractivity contribution in [3.05, 3.63) is 60.0 Å². The van der Waals surface area contributed by atoms with Crippen LogP contribution in [0.1, 0.15) is 11.4 Å². The van der Waals surface area contributed by atoms with Crippen LogP contribution in [-0.4, -0.2) is 9.97 Å². The number of hydrogen-bond acceptors (Lipinski definition) is 4. The van der Waals surface area contributed by atoms with E-state index in [2.05, 4.69) is 21.4 Å². The number of fused-ring (bicyclic) bond motifs is 1. The standard InChI is InChI=1S/C16H12N4/c1-11-5-6-12-3-2-4-15(16(12)19-11)20-13-7-8-18-14(9-13)10-17/h2-9H,1H3,(H,18,20). The molecule has 4 nitrogen and oxygen atoms in total. The van der Waals surface area contributed by atoms with Gasteiger partial charge in [-0.15, -0.1) is 0 Å². The Labute approximate surface area is 116 Å². The number of pyridine rings is 2. The van der Waals surface area contributed by atoms with E-state index in [1.165, 1.54) is 0 Å². The highest BCUT2D eigenvalue weighted by Crippen LogP contribution is 2.25. The molecule has 96 valence electrons. The Balaban J connectivity index is 2.06. The van der Waals surface area contributed by atoms with Gasteiger partial charge in [0, 0.05) is 23.0 Å². The molecule has 0 bridgehead atoms. The molecule has 0 amide bonds. The summed E-state index contributed by atoms with van der Waals surface area (Å²) in [6, 6.07) is 15.6. The average Bonchev–Trinajstić information content (AvgIpc) is 2.48. The highest BCUT2D eigenvalue weighted by atomic mass is 14.9. The molecule has 0 saturated carbocycles. The Morgan fingerprint density at radius 2 is 2.05 bits per heavy atom. The topological polar surface area (TPSA) is 61.6 Å². The minimum absolute atomic E-state index is 0.388. The van der Waals surface area contributed by atoms with Gasteiger partial charge in [0.2, 0.25) is 0 Å². The van der Waals surface area contributed by atoms with Gasteiger partial charge in [-0.25, -0.2) is 4.98 Å². The van der Waals surface area contributed by atoms with Gasteiger partial charge in [0.25, 0.3) is 0 Å². The monoisotopic (exact) mass is 260 g/mol. The summed E-state index contributed by atoms with van der Waals surface area (Å²) in [5, 5.41) is 13.3. The fourth-order valence-electron chi connectivity index (χ4n) is 2.07. The molecule has 0 unspecified atom stereocenters. The molecule has 2 heterocycles. The molecule has 1 aromatic carbocycles. The van der Waals surface area contributed by atoms with Crippen molar-refractivity contribution in [1.29, 1.82) is 5.26 Å². The summed E-state index contributed by atoms with van der Waals surface area (Å²) >= 11 is 0. The van der Waals surface area contributed by atoms with Crippen LogP contribution in [0.2, 0.25) is 0 Å². The van der Waals surface area contributed by atoms with Gasteiger partial charge in [0.15, 0.2) is 0 Å². The van der Waals surface area contributed by atoms with Gasteiger partial charge in [-0.2, -0.15) is 5.26 Å². The maximum absolute atomic E-state index is 8.88. The van der Waals surface area contributed by atoms with Crippen molar-refractivity contribution in [1.82, 2.24) is 9.97 Å². The van der Waals surface area contributed by atoms with Crippen LogP contribution in [-0.2, 0) is 0 Å². The summed E-state index contributed by atoms with van der Waals surface area (Å²) in [7, 11) is 0. The van der Waals surface area contributed by atoms with Gasteiger partial charge in [-0.3, -0.25) is 4.98 Å². The van der Waals surface area contributed by atoms with Crippen molar-refractivity contribution in [3.63, 3.8) is 0 Å². The summed E-state index contributed by atoms with van der Waals surface area (Å²) in [6.45, 7) is 1.97. The molecule has 0 saturated heterocycles. The second kappa shape index (κ2) is 4.98. The van der Waals surface area contributed by atoms with Gasteiger partial charge in [-0.1, -0.05) is 18.2 Å². The number of anilines is 2. The first kappa shape index (κ1) is 12.1. The molecule has 0 aliphatic rings. The minimum atomic E-state index is 0.388. The number of para-hydroxylation sites is 1. The number of hydrogen-bond donors (Lipinski definition) is 1. The first-order valence-electron chi connectivity index (χ1n) is 6.26. The molecule has 1 N–H and O–H groups in total. The minimum Gasteiger partial charge on any atom is -0.354 e. The largest absolute Gasteiger partial charge is 0.354 e. The van der Waals surface area contributed by atoms with Crippen molar-refractivity contribution >= 4 is 22.3 Å². The summed E-state index contributed by atoms with van der Waals surface area (Å²) in [6.07, 6.45) is 1.62. The molecule has 0 atom stereocenters. The van der Waals surface area contributed by atoms with E-state index in [1.54, 1.807) is 12.3 Å². The van der Waals surface area contributed by atoms with E-state index in [1.807, 2.05) is 43.3 Å². The van der Waals surface area contributed by atoms with Gasteiger partial charge < -0.3 is 5.32 Å². The average molecular weight is 260 g/mol. The predicted molar refractivity (Wildman–Crippen MR) is 78.7 cm³/mol. The van der Waals surface area contributed by atoms with E-state index in [0.29, 0.717) is 5.69 Å². The van der Waals surface area contributed by atoms with E-state index in [9.17, 15) is 0 Å². The number of aromatic nitrogens is 2. The highest BCUT2D eigenvalue weighted by molar-refractivity contribution is 5.92. The van der Waals surface area contributed by atoms with Crippen LogP contribution in [0.3, 0.4) is 0 Å². The van der Waals surface area contributed by atoms with Crippen molar-refractivity contribution in [2.45, 2.75) is 6.92 Å². The molecule has 4 heteroatoms. The third-order valence-electron chi connectivity index (χ3n) is 3.01. The number of nitriles is 1. The summed E-state index contributed by atoms with van der Waals surface area (Å²) in [5.74, 6) is 0. The maximum atomic E-state index is 8.88. The van der Waals surface area contributed by atoms with Crippen LogP contribution < -0.4 is 5.32 Å². The molecule has 3 aromatic rings. The SMILES string of the molecule is Cc1ccc2cccc(Nc3ccnc(C#N)c3)c2n1. The molecule has 0 aliphatic carbocycles. The van der Waals surface area contributed by atoms with Gasteiger partial charge in [-0.05, 0) is 31.2 Å². The summed E-state index contributed by atoms with van der Waals surface area (Å²) < 4.78 is 0. The number of benzene rings is 1. The number of rotatable bonds is 2. The molecule has 0 aliphatic heterocycles. The van der Waals surface area contributed by atoms with E-state index >= 15 is 0 Å². The quantitative estimate of drug-likeness (QED) is 0.765. The van der Waals surface area contributed by atoms with Crippen molar-refractivity contribution < 1.29 is 0 Å². The highest BCUT2D eigenvalue weighted by Gasteiger charge is 2.04. The first-order valence-corrected chi connectivity index (χ1v) is 6.26. The van der Waals surface area contributed by atoms with E-state index in [-0.39, 0.29) is 0 Å². The van der Waals surface area contributed by atoms with Crippen molar-refractivity contribution in [2.75, 3.05) is 5.32 Å². The maximum Gasteiger partial charge on any atom is 0.142 e. The lowest BCUT2D eigenvalue weighted by molar-refractivity contribution is 1.25. The zero-order chi connectivity index (χ0) is 13.9. The molecule has 0 spiro atoms. The lowest BCUT2D eigenvalue weighted by atomic mass is 10.1. The normalized spacial score (nSPS) is 10.2. The van der Waals surface area contributed by atoms with Gasteiger partial charge >= 0.3 is 0 Å². The third kappa shape index (κ3) is 2.29. The summed E-state index contributed by atoms with van der Waals surface area (Å²) in [5.41, 5.74) is 4.02. The van der Waals surface area contributed by atoms with Crippen molar-refractivity contribution in [2.24, 2.45) is 0 Å². The van der Waals surface area contributed by atoms with Crippen LogP contribution in [0.15, 0.2) is 48.7 Å². The van der Waals surface area contributed by atoms with Crippen LogP contribution in [0.25, 0.3) is 10.9 Å².